The number of hydrogen-bond acceptors (Lipinski definition) is 3. The van der Waals surface area contributed by atoms with Gasteiger partial charge in [0.25, 0.3) is 0 Å². The molecule has 10 aromatic rings. The quantitative estimate of drug-likeness (QED) is 0.154. The Hall–Kier alpha value is -8.01. The van der Waals surface area contributed by atoms with Crippen LogP contribution in [0.2, 0.25) is 0 Å². The normalized spacial score (nSPS) is 12.4. The van der Waals surface area contributed by atoms with Crippen molar-refractivity contribution in [2.24, 2.45) is 0 Å². The lowest BCUT2D eigenvalue weighted by atomic mass is 9.67. The molecule has 3 nitrogen and oxygen atoms in total. The van der Waals surface area contributed by atoms with Crippen LogP contribution in [0.4, 0.5) is 0 Å². The van der Waals surface area contributed by atoms with Gasteiger partial charge in [0.05, 0.1) is 5.41 Å². The third-order valence-corrected chi connectivity index (χ3v) is 12.1. The molecule has 3 heteroatoms. The van der Waals surface area contributed by atoms with E-state index >= 15 is 0 Å². The van der Waals surface area contributed by atoms with Gasteiger partial charge in [0.15, 0.2) is 17.5 Å². The van der Waals surface area contributed by atoms with Crippen LogP contribution >= 0.6 is 0 Å². The molecule has 0 spiro atoms. The number of nitrogens with zero attached hydrogens (tertiary/aromatic N) is 3. The highest BCUT2D eigenvalue weighted by atomic mass is 15.0. The summed E-state index contributed by atoms with van der Waals surface area (Å²) in [6, 6.07) is 84.1. The Kier molecular flexibility index (Phi) is 9.05. The fourth-order valence-corrected chi connectivity index (χ4v) is 9.30. The second kappa shape index (κ2) is 15.3. The molecule has 0 radical (unpaired) electrons. The van der Waals surface area contributed by atoms with Gasteiger partial charge in [-0.25, -0.2) is 15.0 Å². The summed E-state index contributed by atoms with van der Waals surface area (Å²) in [7, 11) is 0. The molecule has 0 aliphatic heterocycles. The first kappa shape index (κ1) is 36.1. The summed E-state index contributed by atoms with van der Waals surface area (Å²) in [5.41, 5.74) is 16.5. The van der Waals surface area contributed by atoms with Crippen molar-refractivity contribution in [1.29, 1.82) is 0 Å². The average molecular weight is 778 g/mol. The Morgan fingerprint density at radius 1 is 0.230 bits per heavy atom. The van der Waals surface area contributed by atoms with Crippen molar-refractivity contribution in [3.63, 3.8) is 0 Å². The van der Waals surface area contributed by atoms with Crippen LogP contribution in [0.1, 0.15) is 22.3 Å². The van der Waals surface area contributed by atoms with Gasteiger partial charge in [-0.05, 0) is 78.9 Å². The van der Waals surface area contributed by atoms with E-state index in [1.807, 2.05) is 12.1 Å². The van der Waals surface area contributed by atoms with Crippen LogP contribution in [0.15, 0.2) is 237 Å². The standard InChI is InChI=1S/C58H39N3/c1-5-20-40(21-6-1)47-30-13-15-33-51(47)56-59-55(60-57(61-56)52-34-16-14-31-48(52)41-22-7-2-8-23-41)44-25-19-24-42(38-44)43-36-37-50-49-32-17-18-35-53(49)58(54(50)39-43,45-26-9-3-10-27-45)46-28-11-4-12-29-46/h1-39H. The molecule has 11 rings (SSSR count). The third kappa shape index (κ3) is 6.27. The van der Waals surface area contributed by atoms with Crippen LogP contribution < -0.4 is 0 Å². The zero-order valence-corrected chi connectivity index (χ0v) is 33.4. The Balaban J connectivity index is 1.10. The zero-order chi connectivity index (χ0) is 40.6. The molecular formula is C58H39N3. The molecule has 0 N–H and O–H groups in total. The topological polar surface area (TPSA) is 38.7 Å². The first-order valence-corrected chi connectivity index (χ1v) is 20.8. The minimum atomic E-state index is -0.488. The molecule has 1 aliphatic rings. The number of hydrogen-bond donors (Lipinski definition) is 0. The van der Waals surface area contributed by atoms with Gasteiger partial charge in [0, 0.05) is 16.7 Å². The molecule has 0 saturated carbocycles. The van der Waals surface area contributed by atoms with E-state index < -0.39 is 5.41 Å². The molecule has 0 bridgehead atoms. The molecule has 286 valence electrons. The predicted octanol–water partition coefficient (Wildman–Crippen LogP) is 14.2. The third-order valence-electron chi connectivity index (χ3n) is 12.1. The lowest BCUT2D eigenvalue weighted by Crippen LogP contribution is -2.28. The van der Waals surface area contributed by atoms with Crippen LogP contribution in [0.25, 0.3) is 78.7 Å². The largest absolute Gasteiger partial charge is 0.208 e. The molecule has 0 amide bonds. The highest BCUT2D eigenvalue weighted by Crippen LogP contribution is 2.56. The number of benzene rings is 9. The molecule has 1 heterocycles. The Morgan fingerprint density at radius 2 is 0.623 bits per heavy atom. The Bertz CT molecular complexity index is 3040. The molecule has 0 atom stereocenters. The summed E-state index contributed by atoms with van der Waals surface area (Å²) >= 11 is 0. The van der Waals surface area contributed by atoms with Gasteiger partial charge < -0.3 is 0 Å². The van der Waals surface area contributed by atoms with Gasteiger partial charge in [-0.15, -0.1) is 0 Å². The SMILES string of the molecule is c1ccc(-c2ccccc2-c2nc(-c3cccc(-c4ccc5c(c4)C(c4ccccc4)(c4ccccc4)c4ccccc4-5)c3)nc(-c3ccccc3-c3ccccc3)n2)cc1. The molecular weight excluding hydrogens is 739 g/mol. The molecule has 0 saturated heterocycles. The molecule has 1 aliphatic carbocycles. The molecule has 1 aromatic heterocycles. The summed E-state index contributed by atoms with van der Waals surface area (Å²) in [6.07, 6.45) is 0. The molecule has 9 aromatic carbocycles. The first-order chi connectivity index (χ1) is 30.3. The Morgan fingerprint density at radius 3 is 1.18 bits per heavy atom. The number of fused-ring (bicyclic) bond motifs is 3. The van der Waals surface area contributed by atoms with Gasteiger partial charge in [0.1, 0.15) is 0 Å². The zero-order valence-electron chi connectivity index (χ0n) is 33.4. The van der Waals surface area contributed by atoms with Crippen LogP contribution in [0.3, 0.4) is 0 Å². The van der Waals surface area contributed by atoms with Crippen molar-refractivity contribution >= 4 is 0 Å². The van der Waals surface area contributed by atoms with E-state index in [1.165, 1.54) is 33.4 Å². The minimum absolute atomic E-state index is 0.488. The molecule has 0 fully saturated rings. The number of rotatable bonds is 8. The smallest absolute Gasteiger partial charge is 0.164 e. The summed E-state index contributed by atoms with van der Waals surface area (Å²) < 4.78 is 0. The fraction of sp³-hybridized carbons (Fsp3) is 0.0172. The van der Waals surface area contributed by atoms with Crippen molar-refractivity contribution in [3.05, 3.63) is 259 Å². The van der Waals surface area contributed by atoms with E-state index in [2.05, 4.69) is 224 Å². The van der Waals surface area contributed by atoms with E-state index in [0.29, 0.717) is 17.5 Å². The minimum Gasteiger partial charge on any atom is -0.208 e. The second-order valence-corrected chi connectivity index (χ2v) is 15.5. The van der Waals surface area contributed by atoms with Crippen LogP contribution in [-0.2, 0) is 5.41 Å². The lowest BCUT2D eigenvalue weighted by molar-refractivity contribution is 0.769. The van der Waals surface area contributed by atoms with E-state index in [1.54, 1.807) is 0 Å². The lowest BCUT2D eigenvalue weighted by Gasteiger charge is -2.34. The summed E-state index contributed by atoms with van der Waals surface area (Å²) in [5, 5.41) is 0. The summed E-state index contributed by atoms with van der Waals surface area (Å²) in [5.74, 6) is 1.86. The maximum Gasteiger partial charge on any atom is 0.164 e. The Labute approximate surface area is 356 Å². The summed E-state index contributed by atoms with van der Waals surface area (Å²) in [6.45, 7) is 0. The predicted molar refractivity (Wildman–Crippen MR) is 250 cm³/mol. The maximum atomic E-state index is 5.29. The molecule has 0 unspecified atom stereocenters. The van der Waals surface area contributed by atoms with Crippen LogP contribution in [0, 0.1) is 0 Å². The van der Waals surface area contributed by atoms with E-state index in [-0.39, 0.29) is 0 Å². The van der Waals surface area contributed by atoms with Gasteiger partial charge in [-0.3, -0.25) is 0 Å². The number of aromatic nitrogens is 3. The second-order valence-electron chi connectivity index (χ2n) is 15.5. The molecule has 61 heavy (non-hydrogen) atoms. The van der Waals surface area contributed by atoms with Gasteiger partial charge in [0.2, 0.25) is 0 Å². The summed E-state index contributed by atoms with van der Waals surface area (Å²) in [4.78, 5) is 15.8. The van der Waals surface area contributed by atoms with Gasteiger partial charge >= 0.3 is 0 Å². The highest BCUT2D eigenvalue weighted by Gasteiger charge is 2.46. The van der Waals surface area contributed by atoms with Gasteiger partial charge in [-0.2, -0.15) is 0 Å². The van der Waals surface area contributed by atoms with Crippen molar-refractivity contribution in [2.75, 3.05) is 0 Å². The van der Waals surface area contributed by atoms with Crippen molar-refractivity contribution < 1.29 is 0 Å². The van der Waals surface area contributed by atoms with Crippen molar-refractivity contribution in [1.82, 2.24) is 15.0 Å². The van der Waals surface area contributed by atoms with E-state index in [4.69, 9.17) is 15.0 Å². The maximum absolute atomic E-state index is 5.29. The van der Waals surface area contributed by atoms with Gasteiger partial charge in [-0.1, -0.05) is 224 Å². The first-order valence-electron chi connectivity index (χ1n) is 20.8. The fourth-order valence-electron chi connectivity index (χ4n) is 9.30. The van der Waals surface area contributed by atoms with Crippen molar-refractivity contribution in [2.45, 2.75) is 5.41 Å². The highest BCUT2D eigenvalue weighted by molar-refractivity contribution is 5.89. The monoisotopic (exact) mass is 777 g/mol. The van der Waals surface area contributed by atoms with Crippen LogP contribution in [-0.4, -0.2) is 15.0 Å². The average Bonchev–Trinajstić information content (AvgIpc) is 3.65. The van der Waals surface area contributed by atoms with E-state index in [9.17, 15) is 0 Å². The van der Waals surface area contributed by atoms with Crippen molar-refractivity contribution in [3.8, 4) is 78.7 Å². The van der Waals surface area contributed by atoms with E-state index in [0.717, 1.165) is 50.1 Å². The van der Waals surface area contributed by atoms with Crippen LogP contribution in [0.5, 0.6) is 0 Å².